The van der Waals surface area contributed by atoms with E-state index in [1.165, 1.54) is 37.5 Å². The Morgan fingerprint density at radius 3 is 2.26 bits per heavy atom. The summed E-state index contributed by atoms with van der Waals surface area (Å²) < 4.78 is 40.7. The summed E-state index contributed by atoms with van der Waals surface area (Å²) in [6.07, 6.45) is -11.8. The molecule has 4 heterocycles. The van der Waals surface area contributed by atoms with E-state index < -0.39 is 110 Å². The van der Waals surface area contributed by atoms with Crippen LogP contribution in [0.2, 0.25) is 0 Å². The Bertz CT molecular complexity index is 1290. The number of epoxide rings is 1. The third-order valence-corrected chi connectivity index (χ3v) is 9.20. The summed E-state index contributed by atoms with van der Waals surface area (Å²) in [7, 11) is 0. The molecule has 254 valence electrons. The van der Waals surface area contributed by atoms with Crippen LogP contribution in [0.25, 0.3) is 6.08 Å². The average molecular weight is 655 g/mol. The molecule has 16 heteroatoms. The fourth-order valence-corrected chi connectivity index (χ4v) is 6.55. The molecule has 1 saturated carbocycles. The summed E-state index contributed by atoms with van der Waals surface area (Å²) in [5.74, 6) is -2.04. The molecule has 46 heavy (non-hydrogen) atoms. The van der Waals surface area contributed by atoms with Crippen molar-refractivity contribution in [1.82, 2.24) is 0 Å². The molecule has 6 rings (SSSR count). The molecule has 3 saturated heterocycles. The topological polar surface area (TPSA) is 247 Å². The number of ether oxygens (including phenoxy) is 7. The highest BCUT2D eigenvalue weighted by atomic mass is 16.8. The molecule has 0 radical (unpaired) electrons. The van der Waals surface area contributed by atoms with E-state index in [0.717, 1.165) is 0 Å². The van der Waals surface area contributed by atoms with E-state index in [0.29, 0.717) is 5.56 Å². The lowest BCUT2D eigenvalue weighted by atomic mass is 9.85. The Hall–Kier alpha value is -2.71. The number of hydrogen-bond acceptors (Lipinski definition) is 16. The van der Waals surface area contributed by atoms with Gasteiger partial charge in [-0.15, -0.1) is 0 Å². The lowest BCUT2D eigenvalue weighted by molar-refractivity contribution is -0.347. The molecule has 16 atom stereocenters. The SMILES string of the molecule is C[C@@H]1O[C@@H](O[C@H]2[C@@H]3C=CO[C@@H](O[C@@H]4O[C@H](CO)[C@@H](O)[C@H](O)[C@H]4O)[C@@H]3[C@@]3(COC(=O)/C=C/c4ccc(O)cc4)O[C@@H]23)[C@H](O)[C@H](O)[C@H]1O. The van der Waals surface area contributed by atoms with Crippen molar-refractivity contribution in [3.8, 4) is 5.75 Å². The van der Waals surface area contributed by atoms with Crippen molar-refractivity contribution < 1.29 is 78.8 Å². The van der Waals surface area contributed by atoms with E-state index in [1.807, 2.05) is 0 Å². The summed E-state index contributed by atoms with van der Waals surface area (Å²) in [5, 5.41) is 81.2. The zero-order valence-electron chi connectivity index (χ0n) is 24.5. The first-order valence-corrected chi connectivity index (χ1v) is 14.9. The van der Waals surface area contributed by atoms with Crippen LogP contribution in [0.5, 0.6) is 5.75 Å². The third-order valence-electron chi connectivity index (χ3n) is 9.20. The first kappa shape index (κ1) is 33.2. The number of carbonyl (C=O) groups excluding carboxylic acids is 1. The minimum Gasteiger partial charge on any atom is -0.508 e. The molecule has 1 aliphatic carbocycles. The fourth-order valence-electron chi connectivity index (χ4n) is 6.55. The Kier molecular flexibility index (Phi) is 9.43. The smallest absolute Gasteiger partial charge is 0.330 e. The van der Waals surface area contributed by atoms with Crippen LogP contribution in [0.3, 0.4) is 0 Å². The van der Waals surface area contributed by atoms with Crippen molar-refractivity contribution in [2.45, 2.75) is 92.4 Å². The number of benzene rings is 1. The van der Waals surface area contributed by atoms with Gasteiger partial charge in [-0.05, 0) is 36.8 Å². The Morgan fingerprint density at radius 2 is 1.57 bits per heavy atom. The molecular formula is C30H38O16. The molecule has 0 spiro atoms. The first-order chi connectivity index (χ1) is 21.9. The van der Waals surface area contributed by atoms with Gasteiger partial charge in [-0.2, -0.15) is 0 Å². The van der Waals surface area contributed by atoms with Gasteiger partial charge < -0.3 is 74.0 Å². The lowest BCUT2D eigenvalue weighted by Gasteiger charge is -2.44. The molecule has 0 amide bonds. The number of phenols is 1. The zero-order chi connectivity index (χ0) is 32.9. The summed E-state index contributed by atoms with van der Waals surface area (Å²) >= 11 is 0. The van der Waals surface area contributed by atoms with Crippen LogP contribution in [-0.4, -0.2) is 146 Å². The normalized spacial score (nSPS) is 46.4. The van der Waals surface area contributed by atoms with Crippen LogP contribution >= 0.6 is 0 Å². The minimum absolute atomic E-state index is 0.0684. The van der Waals surface area contributed by atoms with Crippen LogP contribution in [-0.2, 0) is 38.0 Å². The van der Waals surface area contributed by atoms with Crippen molar-refractivity contribution in [2.24, 2.45) is 11.8 Å². The second-order valence-electron chi connectivity index (χ2n) is 12.1. The van der Waals surface area contributed by atoms with Crippen LogP contribution in [0, 0.1) is 11.8 Å². The van der Waals surface area contributed by atoms with Crippen molar-refractivity contribution in [1.29, 1.82) is 0 Å². The second-order valence-corrected chi connectivity index (χ2v) is 12.1. The molecule has 16 nitrogen and oxygen atoms in total. The van der Waals surface area contributed by atoms with Gasteiger partial charge >= 0.3 is 5.97 Å². The number of fused-ring (bicyclic) bond motifs is 3. The van der Waals surface area contributed by atoms with Crippen LogP contribution in [0.15, 0.2) is 42.7 Å². The highest BCUT2D eigenvalue weighted by Gasteiger charge is 2.77. The lowest BCUT2D eigenvalue weighted by Crippen LogP contribution is -2.60. The van der Waals surface area contributed by atoms with Gasteiger partial charge in [-0.1, -0.05) is 12.1 Å². The van der Waals surface area contributed by atoms with E-state index in [4.69, 9.17) is 33.2 Å². The number of rotatable bonds is 9. The number of hydrogen-bond donors (Lipinski definition) is 8. The fraction of sp³-hybridized carbons (Fsp3) is 0.633. The van der Waals surface area contributed by atoms with E-state index in [1.54, 1.807) is 18.2 Å². The summed E-state index contributed by atoms with van der Waals surface area (Å²) in [6, 6.07) is 6.13. The Balaban J connectivity index is 1.22. The quantitative estimate of drug-likeness (QED) is 0.0763. The first-order valence-electron chi connectivity index (χ1n) is 14.9. The van der Waals surface area contributed by atoms with Crippen molar-refractivity contribution in [3.63, 3.8) is 0 Å². The summed E-state index contributed by atoms with van der Waals surface area (Å²) in [4.78, 5) is 12.7. The van der Waals surface area contributed by atoms with Gasteiger partial charge in [0.05, 0.1) is 31.0 Å². The average Bonchev–Trinajstić information content (AvgIpc) is 3.72. The van der Waals surface area contributed by atoms with Gasteiger partial charge in [0.25, 0.3) is 0 Å². The highest BCUT2D eigenvalue weighted by molar-refractivity contribution is 5.87. The maximum atomic E-state index is 12.7. The molecule has 0 unspecified atom stereocenters. The molecule has 4 fully saturated rings. The third kappa shape index (κ3) is 6.05. The van der Waals surface area contributed by atoms with Gasteiger partial charge in [0.15, 0.2) is 12.6 Å². The zero-order valence-corrected chi connectivity index (χ0v) is 24.5. The van der Waals surface area contributed by atoms with Gasteiger partial charge in [0, 0.05) is 12.0 Å². The molecule has 0 aromatic heterocycles. The molecule has 0 bridgehead atoms. The van der Waals surface area contributed by atoms with Crippen LogP contribution in [0.1, 0.15) is 12.5 Å². The number of aliphatic hydroxyl groups is 7. The van der Waals surface area contributed by atoms with Crippen molar-refractivity contribution in [3.05, 3.63) is 48.2 Å². The largest absolute Gasteiger partial charge is 0.508 e. The van der Waals surface area contributed by atoms with Crippen molar-refractivity contribution in [2.75, 3.05) is 13.2 Å². The second kappa shape index (κ2) is 13.1. The molecule has 1 aromatic rings. The van der Waals surface area contributed by atoms with Gasteiger partial charge in [-0.3, -0.25) is 0 Å². The Labute approximate surface area is 262 Å². The molecule has 8 N–H and O–H groups in total. The monoisotopic (exact) mass is 654 g/mol. The molecule has 4 aliphatic heterocycles. The maximum Gasteiger partial charge on any atom is 0.330 e. The number of aliphatic hydroxyl groups excluding tert-OH is 7. The van der Waals surface area contributed by atoms with E-state index in [9.17, 15) is 45.6 Å². The van der Waals surface area contributed by atoms with E-state index in [-0.39, 0.29) is 12.4 Å². The van der Waals surface area contributed by atoms with Crippen molar-refractivity contribution >= 4 is 12.0 Å². The maximum absolute atomic E-state index is 12.7. The summed E-state index contributed by atoms with van der Waals surface area (Å²) in [6.45, 7) is 0.522. The molecule has 1 aromatic carbocycles. The van der Waals surface area contributed by atoms with E-state index in [2.05, 4.69) is 0 Å². The van der Waals surface area contributed by atoms with E-state index >= 15 is 0 Å². The molecular weight excluding hydrogens is 616 g/mol. The summed E-state index contributed by atoms with van der Waals surface area (Å²) in [5.41, 5.74) is -0.640. The predicted molar refractivity (Wildman–Crippen MR) is 149 cm³/mol. The number of phenolic OH excluding ortho intramolecular Hbond substituents is 1. The molecule has 5 aliphatic rings. The predicted octanol–water partition coefficient (Wildman–Crippen LogP) is -2.77. The van der Waals surface area contributed by atoms with Crippen LogP contribution in [0.4, 0.5) is 0 Å². The number of carbonyl (C=O) groups is 1. The number of esters is 1. The van der Waals surface area contributed by atoms with Gasteiger partial charge in [0.2, 0.25) is 6.29 Å². The highest BCUT2D eigenvalue weighted by Crippen LogP contribution is 2.61. The minimum atomic E-state index is -1.73. The standard InChI is InChI=1S/C30H38O16/c1-12-19(34)21(36)23(38)28(42-12)44-25-15-8-9-40-27(45-29-24(39)22(37)20(35)16(10-31)43-29)18(15)30(26(25)46-30)11-41-17(33)7-4-13-2-5-14(32)6-3-13/h2-9,12,15-16,18-29,31-32,34-39H,10-11H2,1H3/b7-4+/t12-,15+,16+,18+,19-,20+,21+,22-,23+,24+,25-,26-,27-,28-,29-,30+/m0/s1. The van der Waals surface area contributed by atoms with Gasteiger partial charge in [0.1, 0.15) is 66.8 Å². The Morgan fingerprint density at radius 1 is 0.891 bits per heavy atom. The number of aromatic hydroxyl groups is 1. The van der Waals surface area contributed by atoms with Crippen LogP contribution < -0.4 is 0 Å². The van der Waals surface area contributed by atoms with Gasteiger partial charge in [-0.25, -0.2) is 4.79 Å².